The maximum absolute atomic E-state index is 5.15. The van der Waals surface area contributed by atoms with Crippen molar-refractivity contribution in [3.05, 3.63) is 206 Å². The van der Waals surface area contributed by atoms with Gasteiger partial charge in [-0.25, -0.2) is 9.97 Å². The molecule has 11 rings (SSSR count). The smallest absolute Gasteiger partial charge is 0.160 e. The Bertz CT molecular complexity index is 3040. The minimum atomic E-state index is 0.700. The summed E-state index contributed by atoms with van der Waals surface area (Å²) < 4.78 is 0. The maximum atomic E-state index is 5.15. The van der Waals surface area contributed by atoms with Crippen molar-refractivity contribution in [2.75, 3.05) is 0 Å². The Morgan fingerprint density at radius 3 is 1.29 bits per heavy atom. The molecule has 0 spiro atoms. The quantitative estimate of drug-likeness (QED) is 0.172. The van der Waals surface area contributed by atoms with Crippen LogP contribution in [0.5, 0.6) is 0 Å². The summed E-state index contributed by atoms with van der Waals surface area (Å²) in [6.45, 7) is 0. The zero-order valence-electron chi connectivity index (χ0n) is 30.5. The average Bonchev–Trinajstić information content (AvgIpc) is 3.61. The fourth-order valence-electron chi connectivity index (χ4n) is 8.55. The van der Waals surface area contributed by atoms with Gasteiger partial charge in [0.2, 0.25) is 0 Å². The molecular weight excluding hydrogens is 677 g/mol. The van der Waals surface area contributed by atoms with Crippen molar-refractivity contribution < 1.29 is 0 Å². The summed E-state index contributed by atoms with van der Waals surface area (Å²) in [6, 6.07) is 74.0. The standard InChI is InChI=1S/C54H34N2/c1-3-14-35(15-4-1)51-34-52(36-16-5-2-6-17-36)56-54(55-51)42-23-12-22-41(31-42)50-33-38-19-8-7-18-37(38)32-49(50)40-21-11-20-39(30-40)43-28-29-48-45-25-10-9-24-44(45)47-27-13-26-46(43)53(47)48/h1-34H. The molecule has 1 aliphatic carbocycles. The van der Waals surface area contributed by atoms with Gasteiger partial charge in [0, 0.05) is 16.7 Å². The van der Waals surface area contributed by atoms with Gasteiger partial charge in [-0.15, -0.1) is 0 Å². The molecule has 0 saturated heterocycles. The van der Waals surface area contributed by atoms with Gasteiger partial charge in [-0.2, -0.15) is 0 Å². The summed E-state index contributed by atoms with van der Waals surface area (Å²) in [5.41, 5.74) is 17.2. The first kappa shape index (κ1) is 32.0. The summed E-state index contributed by atoms with van der Waals surface area (Å²) in [5.74, 6) is 0.700. The van der Waals surface area contributed by atoms with Crippen LogP contribution >= 0.6 is 0 Å². The normalized spacial score (nSPS) is 11.6. The van der Waals surface area contributed by atoms with Crippen LogP contribution in [0.2, 0.25) is 0 Å². The van der Waals surface area contributed by atoms with Gasteiger partial charge in [0.1, 0.15) is 0 Å². The predicted molar refractivity (Wildman–Crippen MR) is 234 cm³/mol. The van der Waals surface area contributed by atoms with Crippen molar-refractivity contribution in [1.82, 2.24) is 9.97 Å². The van der Waals surface area contributed by atoms with Gasteiger partial charge in [-0.1, -0.05) is 176 Å². The van der Waals surface area contributed by atoms with E-state index in [1.807, 2.05) is 12.1 Å². The van der Waals surface area contributed by atoms with Gasteiger partial charge < -0.3 is 0 Å². The summed E-state index contributed by atoms with van der Waals surface area (Å²) in [4.78, 5) is 10.3. The highest BCUT2D eigenvalue weighted by molar-refractivity contribution is 6.18. The molecule has 1 aromatic heterocycles. The second kappa shape index (κ2) is 13.2. The molecule has 56 heavy (non-hydrogen) atoms. The van der Waals surface area contributed by atoms with Gasteiger partial charge in [0.05, 0.1) is 11.4 Å². The lowest BCUT2D eigenvalue weighted by atomic mass is 9.88. The van der Waals surface area contributed by atoms with Crippen LogP contribution in [0.4, 0.5) is 0 Å². The molecule has 0 radical (unpaired) electrons. The fraction of sp³-hybridized carbons (Fsp3) is 0. The molecule has 2 nitrogen and oxygen atoms in total. The van der Waals surface area contributed by atoms with Crippen molar-refractivity contribution in [1.29, 1.82) is 0 Å². The molecule has 0 unspecified atom stereocenters. The van der Waals surface area contributed by atoms with Gasteiger partial charge in [0.25, 0.3) is 0 Å². The van der Waals surface area contributed by atoms with E-state index in [9.17, 15) is 0 Å². The Labute approximate surface area is 326 Å². The van der Waals surface area contributed by atoms with E-state index in [0.717, 1.165) is 33.6 Å². The van der Waals surface area contributed by atoms with Crippen molar-refractivity contribution in [3.8, 4) is 89.5 Å². The second-order valence-electron chi connectivity index (χ2n) is 14.5. The number of aromatic nitrogens is 2. The number of fused-ring (bicyclic) bond motifs is 4. The Balaban J connectivity index is 1.06. The lowest BCUT2D eigenvalue weighted by molar-refractivity contribution is 1.18. The van der Waals surface area contributed by atoms with Gasteiger partial charge in [-0.3, -0.25) is 0 Å². The van der Waals surface area contributed by atoms with E-state index in [4.69, 9.17) is 9.97 Å². The predicted octanol–water partition coefficient (Wildman–Crippen LogP) is 14.4. The molecule has 0 aliphatic heterocycles. The van der Waals surface area contributed by atoms with Crippen LogP contribution in [0.3, 0.4) is 0 Å². The van der Waals surface area contributed by atoms with Crippen molar-refractivity contribution in [3.63, 3.8) is 0 Å². The molecule has 0 amide bonds. The maximum Gasteiger partial charge on any atom is 0.160 e. The van der Waals surface area contributed by atoms with E-state index >= 15 is 0 Å². The van der Waals surface area contributed by atoms with Crippen LogP contribution in [-0.2, 0) is 0 Å². The Hall–Kier alpha value is -7.42. The van der Waals surface area contributed by atoms with E-state index < -0.39 is 0 Å². The summed E-state index contributed by atoms with van der Waals surface area (Å²) in [7, 11) is 0. The average molecular weight is 711 g/mol. The molecule has 1 heterocycles. The van der Waals surface area contributed by atoms with Crippen LogP contribution in [0.1, 0.15) is 0 Å². The lowest BCUT2D eigenvalue weighted by Gasteiger charge is -2.16. The number of hydrogen-bond donors (Lipinski definition) is 0. The first-order valence-electron chi connectivity index (χ1n) is 19.1. The van der Waals surface area contributed by atoms with E-state index in [1.54, 1.807) is 0 Å². The van der Waals surface area contributed by atoms with Crippen LogP contribution in [0, 0.1) is 0 Å². The van der Waals surface area contributed by atoms with Crippen LogP contribution in [0.15, 0.2) is 206 Å². The van der Waals surface area contributed by atoms with Crippen molar-refractivity contribution in [2.45, 2.75) is 0 Å². The topological polar surface area (TPSA) is 25.8 Å². The molecule has 260 valence electrons. The third-order valence-electron chi connectivity index (χ3n) is 11.2. The largest absolute Gasteiger partial charge is 0.228 e. The zero-order valence-corrected chi connectivity index (χ0v) is 30.5. The SMILES string of the molecule is c1ccc(-c2cc(-c3ccccc3)nc(-c3cccc(-c4cc5ccccc5cc4-c4cccc(-c5ccc6c7c(cccc57)-c5ccccc5-6)c4)c3)n2)cc1. The van der Waals surface area contributed by atoms with Gasteiger partial charge in [0.15, 0.2) is 5.82 Å². The molecule has 0 saturated carbocycles. The first-order valence-corrected chi connectivity index (χ1v) is 19.1. The van der Waals surface area contributed by atoms with E-state index in [-0.39, 0.29) is 0 Å². The van der Waals surface area contributed by atoms with E-state index in [0.29, 0.717) is 5.82 Å². The van der Waals surface area contributed by atoms with Gasteiger partial charge >= 0.3 is 0 Å². The lowest BCUT2D eigenvalue weighted by Crippen LogP contribution is -1.96. The first-order chi connectivity index (χ1) is 27.7. The third kappa shape index (κ3) is 5.42. The Kier molecular flexibility index (Phi) is 7.53. The highest BCUT2D eigenvalue weighted by Crippen LogP contribution is 2.49. The van der Waals surface area contributed by atoms with Crippen LogP contribution < -0.4 is 0 Å². The molecule has 0 bridgehead atoms. The summed E-state index contributed by atoms with van der Waals surface area (Å²) in [5, 5.41) is 5.04. The van der Waals surface area contributed by atoms with Crippen LogP contribution in [-0.4, -0.2) is 9.97 Å². The minimum absolute atomic E-state index is 0.700. The highest BCUT2D eigenvalue weighted by Gasteiger charge is 2.22. The Morgan fingerprint density at radius 1 is 0.250 bits per heavy atom. The number of hydrogen-bond acceptors (Lipinski definition) is 2. The zero-order chi connectivity index (χ0) is 37.0. The number of rotatable bonds is 6. The van der Waals surface area contributed by atoms with Gasteiger partial charge in [-0.05, 0) is 108 Å². The molecule has 0 atom stereocenters. The summed E-state index contributed by atoms with van der Waals surface area (Å²) in [6.07, 6.45) is 0. The number of nitrogens with zero attached hydrogens (tertiary/aromatic N) is 2. The molecule has 2 heteroatoms. The van der Waals surface area contributed by atoms with E-state index in [2.05, 4.69) is 194 Å². The highest BCUT2D eigenvalue weighted by atomic mass is 14.9. The van der Waals surface area contributed by atoms with Crippen LogP contribution in [0.25, 0.3) is 111 Å². The molecule has 9 aromatic carbocycles. The molecule has 1 aliphatic rings. The van der Waals surface area contributed by atoms with Crippen molar-refractivity contribution in [2.24, 2.45) is 0 Å². The molecule has 10 aromatic rings. The minimum Gasteiger partial charge on any atom is -0.228 e. The third-order valence-corrected chi connectivity index (χ3v) is 11.2. The van der Waals surface area contributed by atoms with Crippen molar-refractivity contribution >= 4 is 21.5 Å². The molecular formula is C54H34N2. The Morgan fingerprint density at radius 2 is 0.679 bits per heavy atom. The second-order valence-corrected chi connectivity index (χ2v) is 14.5. The number of benzene rings is 9. The summed E-state index contributed by atoms with van der Waals surface area (Å²) >= 11 is 0. The molecule has 0 N–H and O–H groups in total. The molecule has 0 fully saturated rings. The fourth-order valence-corrected chi connectivity index (χ4v) is 8.55. The van der Waals surface area contributed by atoms with E-state index in [1.165, 1.54) is 71.6 Å². The monoisotopic (exact) mass is 710 g/mol.